The monoisotopic (exact) mass is 320 g/mol. The number of amides is 1. The van der Waals surface area contributed by atoms with Gasteiger partial charge in [0.25, 0.3) is 0 Å². The molecule has 0 saturated heterocycles. The van der Waals surface area contributed by atoms with Gasteiger partial charge in [0, 0.05) is 17.6 Å². The number of carbonyl (C=O) groups excluding carboxylic acids is 1. The average Bonchev–Trinajstić information content (AvgIpc) is 2.96. The predicted octanol–water partition coefficient (Wildman–Crippen LogP) is 3.35. The van der Waals surface area contributed by atoms with Crippen molar-refractivity contribution in [3.63, 3.8) is 0 Å². The van der Waals surface area contributed by atoms with Crippen LogP contribution in [0, 0.1) is 27.7 Å². The molecule has 6 heteroatoms. The Morgan fingerprint density at radius 1 is 1.27 bits per heavy atom. The van der Waals surface area contributed by atoms with Crippen LogP contribution in [-0.4, -0.2) is 32.6 Å². The highest BCUT2D eigenvalue weighted by Gasteiger charge is 2.27. The van der Waals surface area contributed by atoms with Gasteiger partial charge in [-0.2, -0.15) is 5.10 Å². The summed E-state index contributed by atoms with van der Waals surface area (Å²) in [5.41, 5.74) is 2.94. The van der Waals surface area contributed by atoms with Crippen LogP contribution in [0.25, 0.3) is 0 Å². The molecule has 0 fully saturated rings. The van der Waals surface area contributed by atoms with Gasteiger partial charge in [0.15, 0.2) is 0 Å². The molecule has 0 saturated carbocycles. The van der Waals surface area contributed by atoms with E-state index in [0.29, 0.717) is 0 Å². The zero-order chi connectivity index (χ0) is 16.6. The maximum atomic E-state index is 12.8. The predicted molar refractivity (Wildman–Crippen MR) is 89.2 cm³/mol. The Hall–Kier alpha value is -1.69. The molecule has 0 N–H and O–H groups in total. The number of hydrogen-bond acceptors (Lipinski definition) is 4. The topological polar surface area (TPSA) is 51.0 Å². The van der Waals surface area contributed by atoms with Crippen LogP contribution in [0.1, 0.15) is 52.9 Å². The maximum absolute atomic E-state index is 12.8. The summed E-state index contributed by atoms with van der Waals surface area (Å²) in [5, 5.41) is 5.46. The molecule has 2 aromatic heterocycles. The van der Waals surface area contributed by atoms with Crippen molar-refractivity contribution in [2.24, 2.45) is 0 Å². The minimum Gasteiger partial charge on any atom is -0.336 e. The first-order chi connectivity index (χ1) is 10.2. The van der Waals surface area contributed by atoms with Crippen molar-refractivity contribution in [2.45, 2.75) is 53.6 Å². The van der Waals surface area contributed by atoms with E-state index >= 15 is 0 Å². The second-order valence-corrected chi connectivity index (χ2v) is 7.09. The third-order valence-electron chi connectivity index (χ3n) is 4.02. The molecule has 5 nitrogen and oxygen atoms in total. The number of hydrogen-bond donors (Lipinski definition) is 0. The molecule has 0 aliphatic rings. The van der Waals surface area contributed by atoms with Crippen molar-refractivity contribution in [1.82, 2.24) is 19.7 Å². The highest BCUT2D eigenvalue weighted by atomic mass is 32.1. The van der Waals surface area contributed by atoms with Crippen molar-refractivity contribution < 1.29 is 4.79 Å². The first-order valence-electron chi connectivity index (χ1n) is 7.45. The van der Waals surface area contributed by atoms with Crippen LogP contribution in [0.4, 0.5) is 0 Å². The van der Waals surface area contributed by atoms with Crippen molar-refractivity contribution in [1.29, 1.82) is 0 Å². The van der Waals surface area contributed by atoms with E-state index in [4.69, 9.17) is 0 Å². The maximum Gasteiger partial charge on any atom is 0.247 e. The second kappa shape index (κ2) is 6.20. The van der Waals surface area contributed by atoms with Crippen molar-refractivity contribution in [3.8, 4) is 0 Å². The highest BCUT2D eigenvalue weighted by molar-refractivity contribution is 7.11. The Balaban J connectivity index is 2.21. The number of carbonyl (C=O) groups is 1. The first kappa shape index (κ1) is 16.7. The van der Waals surface area contributed by atoms with E-state index in [1.807, 2.05) is 54.7 Å². The van der Waals surface area contributed by atoms with Crippen molar-refractivity contribution in [2.75, 3.05) is 7.05 Å². The van der Waals surface area contributed by atoms with Crippen LogP contribution in [0.3, 0.4) is 0 Å². The molecule has 2 aromatic rings. The molecule has 0 aliphatic heterocycles. The molecule has 0 aliphatic carbocycles. The molecule has 120 valence electrons. The first-order valence-corrected chi connectivity index (χ1v) is 8.27. The third-order valence-corrected chi connectivity index (χ3v) is 5.26. The fourth-order valence-electron chi connectivity index (χ4n) is 2.74. The molecular formula is C16H24N4OS. The highest BCUT2D eigenvalue weighted by Crippen LogP contribution is 2.29. The molecule has 2 rings (SSSR count). The van der Waals surface area contributed by atoms with E-state index in [9.17, 15) is 4.79 Å². The Bertz CT molecular complexity index is 688. The lowest BCUT2D eigenvalue weighted by Crippen LogP contribution is -2.35. The molecule has 0 unspecified atom stereocenters. The molecular weight excluding hydrogens is 296 g/mol. The van der Waals surface area contributed by atoms with Crippen molar-refractivity contribution >= 4 is 17.2 Å². The zero-order valence-electron chi connectivity index (χ0n) is 14.3. The number of nitrogens with zero attached hydrogens (tertiary/aromatic N) is 4. The number of thiazole rings is 1. The molecule has 22 heavy (non-hydrogen) atoms. The molecule has 0 spiro atoms. The summed E-state index contributed by atoms with van der Waals surface area (Å²) < 4.78 is 1.80. The Morgan fingerprint density at radius 2 is 1.91 bits per heavy atom. The van der Waals surface area contributed by atoms with E-state index in [-0.39, 0.29) is 18.0 Å². The van der Waals surface area contributed by atoms with E-state index in [1.54, 1.807) is 20.9 Å². The minimum atomic E-state index is -0.310. The fourth-order valence-corrected chi connectivity index (χ4v) is 3.76. The molecule has 0 aromatic carbocycles. The smallest absolute Gasteiger partial charge is 0.247 e. The largest absolute Gasteiger partial charge is 0.336 e. The molecule has 0 bridgehead atoms. The Labute approximate surface area is 136 Å². The van der Waals surface area contributed by atoms with Gasteiger partial charge in [-0.05, 0) is 47.6 Å². The average molecular weight is 320 g/mol. The Kier molecular flexibility index (Phi) is 4.70. The third kappa shape index (κ3) is 3.06. The van der Waals surface area contributed by atoms with E-state index < -0.39 is 0 Å². The van der Waals surface area contributed by atoms with Gasteiger partial charge in [0.2, 0.25) is 5.91 Å². The number of aromatic nitrogens is 3. The van der Waals surface area contributed by atoms with Crippen LogP contribution in [0.2, 0.25) is 0 Å². The quantitative estimate of drug-likeness (QED) is 0.868. The lowest BCUT2D eigenvalue weighted by molar-refractivity contribution is -0.135. The van der Waals surface area contributed by atoms with Gasteiger partial charge in [-0.25, -0.2) is 4.98 Å². The normalized spacial score (nSPS) is 14.0. The van der Waals surface area contributed by atoms with Crippen LogP contribution in [0.15, 0.2) is 6.07 Å². The summed E-state index contributed by atoms with van der Waals surface area (Å²) >= 11 is 1.66. The van der Waals surface area contributed by atoms with Gasteiger partial charge in [-0.15, -0.1) is 11.3 Å². The van der Waals surface area contributed by atoms with Gasteiger partial charge in [0.05, 0.1) is 22.4 Å². The fraction of sp³-hybridized carbons (Fsp3) is 0.562. The van der Waals surface area contributed by atoms with Gasteiger partial charge in [0.1, 0.15) is 6.04 Å². The number of rotatable bonds is 4. The van der Waals surface area contributed by atoms with E-state index in [0.717, 1.165) is 27.0 Å². The lowest BCUT2D eigenvalue weighted by Gasteiger charge is -2.27. The van der Waals surface area contributed by atoms with Gasteiger partial charge >= 0.3 is 0 Å². The minimum absolute atomic E-state index is 0.0121. The molecule has 1 amide bonds. The van der Waals surface area contributed by atoms with Gasteiger partial charge in [-0.1, -0.05) is 0 Å². The number of likely N-dealkylation sites (N-methyl/N-ethyl adjacent to an activating group) is 1. The molecule has 0 radical (unpaired) electrons. The summed E-state index contributed by atoms with van der Waals surface area (Å²) in [4.78, 5) is 20.2. The van der Waals surface area contributed by atoms with Crippen LogP contribution in [0.5, 0.6) is 0 Å². The lowest BCUT2D eigenvalue weighted by atomic mass is 10.2. The summed E-state index contributed by atoms with van der Waals surface area (Å²) in [6.45, 7) is 11.9. The van der Waals surface area contributed by atoms with E-state index in [1.165, 1.54) is 0 Å². The van der Waals surface area contributed by atoms with Crippen LogP contribution < -0.4 is 0 Å². The Morgan fingerprint density at radius 3 is 2.36 bits per heavy atom. The standard InChI is InChI=1S/C16H24N4OS/c1-9-8-10(2)20(18-9)13(5)16(21)19(7)12(4)15-11(3)17-14(6)22-15/h8,12-13H,1-7H3/t12-,13+/m1/s1. The number of aryl methyl sites for hydroxylation is 4. The second-order valence-electron chi connectivity index (χ2n) is 5.86. The zero-order valence-corrected chi connectivity index (χ0v) is 15.2. The molecule has 2 atom stereocenters. The SMILES string of the molecule is Cc1cc(C)n([C@@H](C)C(=O)N(C)[C@H](C)c2sc(C)nc2C)n1. The van der Waals surface area contributed by atoms with Crippen LogP contribution in [-0.2, 0) is 4.79 Å². The summed E-state index contributed by atoms with van der Waals surface area (Å²) in [6.07, 6.45) is 0. The van der Waals surface area contributed by atoms with Gasteiger partial charge in [-0.3, -0.25) is 9.48 Å². The molecule has 2 heterocycles. The summed E-state index contributed by atoms with van der Waals surface area (Å²) in [7, 11) is 1.85. The van der Waals surface area contributed by atoms with Gasteiger partial charge < -0.3 is 4.90 Å². The summed E-state index contributed by atoms with van der Waals surface area (Å²) in [6, 6.07) is 1.69. The summed E-state index contributed by atoms with van der Waals surface area (Å²) in [5.74, 6) is 0.0594. The van der Waals surface area contributed by atoms with Crippen molar-refractivity contribution in [3.05, 3.63) is 33.0 Å². The van der Waals surface area contributed by atoms with E-state index in [2.05, 4.69) is 10.1 Å². The van der Waals surface area contributed by atoms with Crippen LogP contribution >= 0.6 is 11.3 Å².